The number of likely N-dealkylation sites (N-methyl/N-ethyl adjacent to an activating group) is 1. The topological polar surface area (TPSA) is 96.0 Å². The van der Waals surface area contributed by atoms with E-state index >= 15 is 0 Å². The predicted molar refractivity (Wildman–Crippen MR) is 118 cm³/mol. The number of para-hydroxylation sites is 2. The zero-order valence-corrected chi connectivity index (χ0v) is 18.8. The molecule has 1 aromatic carbocycles. The standard InChI is InChI=1S/C22H31N3O5S/c1-23-22(27)20-13-24(18-9-5-6-10-19(18)30-20)14-21(26)25(16-7-3-2-4-8-16)17-11-12-31(28,29)15-17/h5-6,9-10,16-17,20H,2-4,7-8,11-15H2,1H3,(H,23,27)/t17-,20-/m1/s1. The molecule has 1 saturated heterocycles. The molecule has 3 aliphatic rings. The number of ether oxygens (including phenoxy) is 1. The van der Waals surface area contributed by atoms with E-state index in [1.807, 2.05) is 28.0 Å². The smallest absolute Gasteiger partial charge is 0.262 e. The number of hydrogen-bond acceptors (Lipinski definition) is 6. The second kappa shape index (κ2) is 9.06. The highest BCUT2D eigenvalue weighted by Crippen LogP contribution is 2.34. The molecule has 1 saturated carbocycles. The van der Waals surface area contributed by atoms with Crippen LogP contribution in [0, 0.1) is 0 Å². The molecule has 9 heteroatoms. The van der Waals surface area contributed by atoms with Gasteiger partial charge < -0.3 is 19.9 Å². The number of carbonyl (C=O) groups is 2. The van der Waals surface area contributed by atoms with E-state index in [9.17, 15) is 18.0 Å². The molecule has 0 aromatic heterocycles. The van der Waals surface area contributed by atoms with Gasteiger partial charge in [0.05, 0.1) is 30.3 Å². The monoisotopic (exact) mass is 449 g/mol. The lowest BCUT2D eigenvalue weighted by Gasteiger charge is -2.41. The first kappa shape index (κ1) is 21.9. The molecule has 2 aliphatic heterocycles. The van der Waals surface area contributed by atoms with E-state index in [1.54, 1.807) is 13.1 Å². The number of carbonyl (C=O) groups excluding carboxylic acids is 2. The Kier molecular flexibility index (Phi) is 6.41. The highest BCUT2D eigenvalue weighted by molar-refractivity contribution is 7.91. The van der Waals surface area contributed by atoms with Crippen molar-refractivity contribution in [3.63, 3.8) is 0 Å². The van der Waals surface area contributed by atoms with Crippen molar-refractivity contribution in [2.24, 2.45) is 0 Å². The average Bonchev–Trinajstić information content (AvgIpc) is 3.13. The predicted octanol–water partition coefficient (Wildman–Crippen LogP) is 1.35. The molecule has 8 nitrogen and oxygen atoms in total. The van der Waals surface area contributed by atoms with Crippen molar-refractivity contribution in [3.05, 3.63) is 24.3 Å². The maximum atomic E-state index is 13.6. The van der Waals surface area contributed by atoms with Crippen molar-refractivity contribution in [2.75, 3.05) is 36.5 Å². The minimum Gasteiger partial charge on any atom is -0.477 e. The van der Waals surface area contributed by atoms with Crippen LogP contribution in [0.5, 0.6) is 5.75 Å². The second-order valence-corrected chi connectivity index (χ2v) is 10.9. The summed E-state index contributed by atoms with van der Waals surface area (Å²) in [6.45, 7) is 0.366. The fourth-order valence-corrected chi connectivity index (χ4v) is 6.77. The lowest BCUT2D eigenvalue weighted by molar-refractivity contribution is -0.135. The van der Waals surface area contributed by atoms with E-state index in [1.165, 1.54) is 0 Å². The van der Waals surface area contributed by atoms with E-state index in [-0.39, 0.29) is 48.5 Å². The third-order valence-electron chi connectivity index (χ3n) is 6.58. The normalized spacial score (nSPS) is 25.4. The Morgan fingerprint density at radius 1 is 1.13 bits per heavy atom. The molecule has 1 N–H and O–H groups in total. The van der Waals surface area contributed by atoms with Gasteiger partial charge in [-0.25, -0.2) is 8.42 Å². The molecule has 1 aromatic rings. The highest BCUT2D eigenvalue weighted by Gasteiger charge is 2.40. The molecule has 2 fully saturated rings. The molecule has 1 aliphatic carbocycles. The third-order valence-corrected chi connectivity index (χ3v) is 8.33. The zero-order chi connectivity index (χ0) is 22.0. The maximum Gasteiger partial charge on any atom is 0.262 e. The largest absolute Gasteiger partial charge is 0.477 e. The fourth-order valence-electron chi connectivity index (χ4n) is 5.06. The molecule has 0 unspecified atom stereocenters. The van der Waals surface area contributed by atoms with Crippen molar-refractivity contribution in [2.45, 2.75) is 56.7 Å². The summed E-state index contributed by atoms with van der Waals surface area (Å²) in [7, 11) is -1.54. The van der Waals surface area contributed by atoms with Crippen LogP contribution in [0.2, 0.25) is 0 Å². The molecule has 2 amide bonds. The van der Waals surface area contributed by atoms with Crippen LogP contribution in [0.4, 0.5) is 5.69 Å². The van der Waals surface area contributed by atoms with Crippen LogP contribution in [-0.2, 0) is 19.4 Å². The average molecular weight is 450 g/mol. The van der Waals surface area contributed by atoms with Gasteiger partial charge in [-0.05, 0) is 31.4 Å². The van der Waals surface area contributed by atoms with Crippen LogP contribution in [-0.4, -0.2) is 75.0 Å². The molecule has 2 atom stereocenters. The second-order valence-electron chi connectivity index (χ2n) is 8.72. The highest BCUT2D eigenvalue weighted by atomic mass is 32.2. The van der Waals surface area contributed by atoms with Crippen LogP contribution in [0.3, 0.4) is 0 Å². The number of rotatable bonds is 5. The Hall–Kier alpha value is -2.29. The summed E-state index contributed by atoms with van der Waals surface area (Å²) < 4.78 is 30.1. The number of nitrogens with one attached hydrogen (secondary N) is 1. The van der Waals surface area contributed by atoms with Crippen molar-refractivity contribution in [3.8, 4) is 5.75 Å². The summed E-state index contributed by atoms with van der Waals surface area (Å²) in [4.78, 5) is 29.6. The van der Waals surface area contributed by atoms with Gasteiger partial charge in [-0.15, -0.1) is 0 Å². The van der Waals surface area contributed by atoms with Gasteiger partial charge in [0.25, 0.3) is 5.91 Å². The first-order valence-electron chi connectivity index (χ1n) is 11.1. The van der Waals surface area contributed by atoms with Crippen molar-refractivity contribution < 1.29 is 22.7 Å². The van der Waals surface area contributed by atoms with Gasteiger partial charge in [0.15, 0.2) is 15.9 Å². The maximum absolute atomic E-state index is 13.6. The number of nitrogens with zero attached hydrogens (tertiary/aromatic N) is 2. The summed E-state index contributed by atoms with van der Waals surface area (Å²) in [6, 6.07) is 7.22. The Morgan fingerprint density at radius 2 is 1.87 bits per heavy atom. The summed E-state index contributed by atoms with van der Waals surface area (Å²) >= 11 is 0. The quantitative estimate of drug-likeness (QED) is 0.729. The molecule has 2 heterocycles. The van der Waals surface area contributed by atoms with E-state index in [0.717, 1.165) is 37.8 Å². The Morgan fingerprint density at radius 3 is 2.55 bits per heavy atom. The van der Waals surface area contributed by atoms with Gasteiger partial charge in [-0.2, -0.15) is 0 Å². The first-order valence-corrected chi connectivity index (χ1v) is 12.9. The minimum absolute atomic E-state index is 0.0514. The molecular weight excluding hydrogens is 418 g/mol. The molecule has 0 spiro atoms. The zero-order valence-electron chi connectivity index (χ0n) is 18.0. The molecule has 170 valence electrons. The molecule has 0 bridgehead atoms. The Bertz CT molecular complexity index is 929. The number of hydrogen-bond donors (Lipinski definition) is 1. The molecular formula is C22H31N3O5S. The lowest BCUT2D eigenvalue weighted by atomic mass is 9.92. The van der Waals surface area contributed by atoms with Gasteiger partial charge in [0.1, 0.15) is 5.75 Å². The van der Waals surface area contributed by atoms with E-state index in [2.05, 4.69) is 5.32 Å². The fraction of sp³-hybridized carbons (Fsp3) is 0.636. The number of amides is 2. The van der Waals surface area contributed by atoms with Gasteiger partial charge in [-0.3, -0.25) is 9.59 Å². The van der Waals surface area contributed by atoms with Crippen molar-refractivity contribution >= 4 is 27.3 Å². The lowest BCUT2D eigenvalue weighted by Crippen LogP contribution is -2.55. The third kappa shape index (κ3) is 4.81. The molecule has 4 rings (SSSR count). The van der Waals surface area contributed by atoms with Gasteiger partial charge >= 0.3 is 0 Å². The van der Waals surface area contributed by atoms with Crippen LogP contribution < -0.4 is 15.0 Å². The Labute approximate surface area is 183 Å². The van der Waals surface area contributed by atoms with Gasteiger partial charge in [0.2, 0.25) is 5.91 Å². The molecule has 0 radical (unpaired) electrons. The first-order chi connectivity index (χ1) is 14.9. The van der Waals surface area contributed by atoms with Gasteiger partial charge in [-0.1, -0.05) is 31.4 Å². The number of anilines is 1. The summed E-state index contributed by atoms with van der Waals surface area (Å²) in [5.74, 6) is 0.463. The van der Waals surface area contributed by atoms with Crippen molar-refractivity contribution in [1.29, 1.82) is 0 Å². The van der Waals surface area contributed by atoms with E-state index in [0.29, 0.717) is 12.2 Å². The summed E-state index contributed by atoms with van der Waals surface area (Å²) in [5.41, 5.74) is 0.777. The van der Waals surface area contributed by atoms with Crippen molar-refractivity contribution in [1.82, 2.24) is 10.2 Å². The van der Waals surface area contributed by atoms with E-state index < -0.39 is 15.9 Å². The Balaban J connectivity index is 1.57. The number of fused-ring (bicyclic) bond motifs is 1. The number of sulfone groups is 1. The number of benzene rings is 1. The summed E-state index contributed by atoms with van der Waals surface area (Å²) in [5, 5.41) is 2.61. The van der Waals surface area contributed by atoms with Crippen LogP contribution in [0.1, 0.15) is 38.5 Å². The SMILES string of the molecule is CNC(=O)[C@H]1CN(CC(=O)N(C2CCCCC2)[C@@H]2CCS(=O)(=O)C2)c2ccccc2O1. The van der Waals surface area contributed by atoms with Crippen LogP contribution in [0.15, 0.2) is 24.3 Å². The van der Waals surface area contributed by atoms with Crippen LogP contribution in [0.25, 0.3) is 0 Å². The van der Waals surface area contributed by atoms with Crippen LogP contribution >= 0.6 is 0 Å². The summed E-state index contributed by atoms with van der Waals surface area (Å²) in [6.07, 6.45) is 4.92. The minimum atomic E-state index is -3.10. The molecule has 31 heavy (non-hydrogen) atoms. The van der Waals surface area contributed by atoms with E-state index in [4.69, 9.17) is 4.74 Å². The van der Waals surface area contributed by atoms with Gasteiger partial charge in [0, 0.05) is 19.1 Å².